The van der Waals surface area contributed by atoms with Gasteiger partial charge in [0.2, 0.25) is 0 Å². The van der Waals surface area contributed by atoms with Crippen LogP contribution in [0.1, 0.15) is 5.56 Å². The Hall–Kier alpha value is -1.98. The molecule has 0 amide bonds. The molecule has 1 atom stereocenters. The molecule has 112 valence electrons. The van der Waals surface area contributed by atoms with Gasteiger partial charge in [0.15, 0.2) is 0 Å². The monoisotopic (exact) mass is 294 g/mol. The van der Waals surface area contributed by atoms with Crippen molar-refractivity contribution in [2.45, 2.75) is 12.7 Å². The molecule has 0 radical (unpaired) electrons. The first-order chi connectivity index (χ1) is 10.1. The molecule has 0 aliphatic heterocycles. The Morgan fingerprint density at radius 3 is 2.57 bits per heavy atom. The normalized spacial score (nSPS) is 12.1. The smallest absolute Gasteiger partial charge is 0.128 e. The van der Waals surface area contributed by atoms with Gasteiger partial charge in [-0.2, -0.15) is 0 Å². The molecule has 2 rings (SSSR count). The molecule has 2 aromatic carbocycles. The average Bonchev–Trinajstić information content (AvgIpc) is 2.47. The van der Waals surface area contributed by atoms with Crippen LogP contribution in [0.15, 0.2) is 48.5 Å². The number of hydrogen-bond acceptors (Lipinski definition) is 3. The van der Waals surface area contributed by atoms with Gasteiger partial charge in [0.05, 0.1) is 13.2 Å². The van der Waals surface area contributed by atoms with Crippen LogP contribution in [0.4, 0.5) is 8.78 Å². The number of aliphatic hydroxyl groups is 1. The van der Waals surface area contributed by atoms with Crippen molar-refractivity contribution in [2.24, 2.45) is 0 Å². The standard InChI is InChI=1S/C16H16F2O3/c17-13-5-3-6-15(8-13)21-11-14(19)10-20-9-12-4-1-2-7-16(12)18/h1-8,14,19H,9-11H2. The van der Waals surface area contributed by atoms with Crippen molar-refractivity contribution < 1.29 is 23.4 Å². The van der Waals surface area contributed by atoms with Gasteiger partial charge in [-0.1, -0.05) is 24.3 Å². The van der Waals surface area contributed by atoms with Crippen LogP contribution >= 0.6 is 0 Å². The maximum atomic E-state index is 13.3. The fourth-order valence-corrected chi connectivity index (χ4v) is 1.72. The second kappa shape index (κ2) is 7.71. The molecule has 0 aliphatic rings. The van der Waals surface area contributed by atoms with Crippen LogP contribution < -0.4 is 4.74 Å². The summed E-state index contributed by atoms with van der Waals surface area (Å²) in [4.78, 5) is 0. The Labute approximate surface area is 121 Å². The first kappa shape index (κ1) is 15.4. The lowest BCUT2D eigenvalue weighted by molar-refractivity contribution is 0.00471. The molecule has 1 N–H and O–H groups in total. The van der Waals surface area contributed by atoms with E-state index >= 15 is 0 Å². The third kappa shape index (κ3) is 5.13. The van der Waals surface area contributed by atoms with E-state index in [0.717, 1.165) is 0 Å². The highest BCUT2D eigenvalue weighted by Gasteiger charge is 2.07. The van der Waals surface area contributed by atoms with Crippen molar-refractivity contribution in [3.05, 3.63) is 65.7 Å². The molecule has 2 aromatic rings. The van der Waals surface area contributed by atoms with Crippen LogP contribution in [0.25, 0.3) is 0 Å². The molecule has 3 nitrogen and oxygen atoms in total. The van der Waals surface area contributed by atoms with Crippen molar-refractivity contribution in [1.82, 2.24) is 0 Å². The Bertz CT molecular complexity index is 575. The highest BCUT2D eigenvalue weighted by atomic mass is 19.1. The number of benzene rings is 2. The fraction of sp³-hybridized carbons (Fsp3) is 0.250. The van der Waals surface area contributed by atoms with E-state index in [4.69, 9.17) is 9.47 Å². The lowest BCUT2D eigenvalue weighted by Crippen LogP contribution is -2.23. The minimum atomic E-state index is -0.875. The lowest BCUT2D eigenvalue weighted by Gasteiger charge is -2.13. The summed E-state index contributed by atoms with van der Waals surface area (Å²) >= 11 is 0. The summed E-state index contributed by atoms with van der Waals surface area (Å²) in [5.41, 5.74) is 0.427. The average molecular weight is 294 g/mol. The number of ether oxygens (including phenoxy) is 2. The van der Waals surface area contributed by atoms with Crippen molar-refractivity contribution in [3.63, 3.8) is 0 Å². The molecular formula is C16H16F2O3. The van der Waals surface area contributed by atoms with Gasteiger partial charge in [-0.3, -0.25) is 0 Å². The molecule has 0 spiro atoms. The molecule has 0 aromatic heterocycles. The summed E-state index contributed by atoms with van der Waals surface area (Å²) in [5, 5.41) is 9.69. The molecule has 1 unspecified atom stereocenters. The zero-order valence-electron chi connectivity index (χ0n) is 11.3. The summed E-state index contributed by atoms with van der Waals surface area (Å²) in [6.45, 7) is 0.0497. The van der Waals surface area contributed by atoms with E-state index in [2.05, 4.69) is 0 Å². The van der Waals surface area contributed by atoms with Gasteiger partial charge in [0, 0.05) is 11.6 Å². The topological polar surface area (TPSA) is 38.7 Å². The van der Waals surface area contributed by atoms with E-state index in [-0.39, 0.29) is 25.6 Å². The van der Waals surface area contributed by atoms with Crippen molar-refractivity contribution >= 4 is 0 Å². The SMILES string of the molecule is OC(COCc1ccccc1F)COc1cccc(F)c1. The van der Waals surface area contributed by atoms with E-state index in [0.29, 0.717) is 11.3 Å². The van der Waals surface area contributed by atoms with Crippen molar-refractivity contribution in [2.75, 3.05) is 13.2 Å². The predicted molar refractivity (Wildman–Crippen MR) is 74.0 cm³/mol. The van der Waals surface area contributed by atoms with Crippen LogP contribution in [0.5, 0.6) is 5.75 Å². The van der Waals surface area contributed by atoms with Crippen LogP contribution in [0, 0.1) is 11.6 Å². The Morgan fingerprint density at radius 2 is 1.81 bits per heavy atom. The maximum Gasteiger partial charge on any atom is 0.128 e. The minimum absolute atomic E-state index is 0.00362. The summed E-state index contributed by atoms with van der Waals surface area (Å²) in [6, 6.07) is 11.9. The minimum Gasteiger partial charge on any atom is -0.491 e. The van der Waals surface area contributed by atoms with E-state index < -0.39 is 11.9 Å². The van der Waals surface area contributed by atoms with E-state index in [1.54, 1.807) is 24.3 Å². The summed E-state index contributed by atoms with van der Waals surface area (Å²) in [7, 11) is 0. The first-order valence-corrected chi connectivity index (χ1v) is 6.53. The molecule has 0 saturated heterocycles. The largest absolute Gasteiger partial charge is 0.491 e. The van der Waals surface area contributed by atoms with Gasteiger partial charge in [0.1, 0.15) is 30.1 Å². The Balaban J connectivity index is 1.70. The van der Waals surface area contributed by atoms with Gasteiger partial charge in [-0.25, -0.2) is 8.78 Å². The third-order valence-electron chi connectivity index (χ3n) is 2.76. The molecule has 0 saturated carbocycles. The lowest BCUT2D eigenvalue weighted by atomic mass is 10.2. The molecule has 0 fully saturated rings. The Kier molecular flexibility index (Phi) is 5.66. The van der Waals surface area contributed by atoms with E-state index in [1.165, 1.54) is 24.3 Å². The van der Waals surface area contributed by atoms with E-state index in [9.17, 15) is 13.9 Å². The zero-order chi connectivity index (χ0) is 15.1. The van der Waals surface area contributed by atoms with Crippen molar-refractivity contribution in [3.8, 4) is 5.75 Å². The van der Waals surface area contributed by atoms with Gasteiger partial charge in [-0.05, 0) is 18.2 Å². The maximum absolute atomic E-state index is 13.3. The highest BCUT2D eigenvalue weighted by molar-refractivity contribution is 5.22. The highest BCUT2D eigenvalue weighted by Crippen LogP contribution is 2.12. The fourth-order valence-electron chi connectivity index (χ4n) is 1.72. The molecule has 5 heteroatoms. The molecule has 21 heavy (non-hydrogen) atoms. The summed E-state index contributed by atoms with van der Waals surface area (Å²) in [5.74, 6) is -0.413. The summed E-state index contributed by atoms with van der Waals surface area (Å²) < 4.78 is 36.7. The van der Waals surface area contributed by atoms with Crippen LogP contribution in [0.3, 0.4) is 0 Å². The number of halogens is 2. The molecular weight excluding hydrogens is 278 g/mol. The van der Waals surface area contributed by atoms with Gasteiger partial charge < -0.3 is 14.6 Å². The van der Waals surface area contributed by atoms with E-state index in [1.807, 2.05) is 0 Å². The van der Waals surface area contributed by atoms with Gasteiger partial charge in [-0.15, -0.1) is 0 Å². The zero-order valence-corrected chi connectivity index (χ0v) is 11.3. The Morgan fingerprint density at radius 1 is 1.00 bits per heavy atom. The summed E-state index contributed by atoms with van der Waals surface area (Å²) in [6.07, 6.45) is -0.875. The number of aliphatic hydroxyl groups excluding tert-OH is 1. The van der Waals surface area contributed by atoms with Gasteiger partial charge >= 0.3 is 0 Å². The van der Waals surface area contributed by atoms with Crippen LogP contribution in [-0.2, 0) is 11.3 Å². The predicted octanol–water partition coefficient (Wildman–Crippen LogP) is 2.92. The first-order valence-electron chi connectivity index (χ1n) is 6.53. The van der Waals surface area contributed by atoms with Crippen LogP contribution in [0.2, 0.25) is 0 Å². The van der Waals surface area contributed by atoms with Crippen LogP contribution in [-0.4, -0.2) is 24.4 Å². The van der Waals surface area contributed by atoms with Gasteiger partial charge in [0.25, 0.3) is 0 Å². The third-order valence-corrected chi connectivity index (χ3v) is 2.76. The number of rotatable bonds is 7. The second-order valence-corrected chi connectivity index (χ2v) is 4.53. The quantitative estimate of drug-likeness (QED) is 0.853. The van der Waals surface area contributed by atoms with Crippen molar-refractivity contribution in [1.29, 1.82) is 0 Å². The number of hydrogen-bond donors (Lipinski definition) is 1. The molecule has 0 aliphatic carbocycles. The second-order valence-electron chi connectivity index (χ2n) is 4.53. The molecule has 0 heterocycles. The molecule has 0 bridgehead atoms.